The molecule has 1 fully saturated rings. The van der Waals surface area contributed by atoms with Crippen molar-refractivity contribution in [2.24, 2.45) is 11.7 Å². The number of carbonyl (C=O) groups excluding carboxylic acids is 3. The fourth-order valence-electron chi connectivity index (χ4n) is 4.86. The maximum absolute atomic E-state index is 15.3. The van der Waals surface area contributed by atoms with Gasteiger partial charge in [-0.25, -0.2) is 8.78 Å². The van der Waals surface area contributed by atoms with Gasteiger partial charge in [0, 0.05) is 49.0 Å². The first-order valence-corrected chi connectivity index (χ1v) is 12.3. The van der Waals surface area contributed by atoms with Gasteiger partial charge in [0.1, 0.15) is 0 Å². The molecule has 1 atom stereocenters. The number of para-hydroxylation sites is 1. The molecule has 1 saturated heterocycles. The number of amides is 3. The van der Waals surface area contributed by atoms with E-state index in [0.29, 0.717) is 30.8 Å². The lowest BCUT2D eigenvalue weighted by Crippen LogP contribution is -2.35. The highest BCUT2D eigenvalue weighted by Gasteiger charge is 2.43. The van der Waals surface area contributed by atoms with E-state index in [1.807, 2.05) is 11.8 Å². The third-order valence-electron chi connectivity index (χ3n) is 6.81. The predicted molar refractivity (Wildman–Crippen MR) is 135 cm³/mol. The van der Waals surface area contributed by atoms with Crippen molar-refractivity contribution in [1.29, 1.82) is 0 Å². The molecule has 3 amide bonds. The number of halogens is 5. The lowest BCUT2D eigenvalue weighted by molar-refractivity contribution is -0.137. The van der Waals surface area contributed by atoms with Gasteiger partial charge in [0.15, 0.2) is 0 Å². The summed E-state index contributed by atoms with van der Waals surface area (Å²) in [5, 5.41) is 2.10. The van der Waals surface area contributed by atoms with E-state index in [1.165, 1.54) is 30.3 Å². The van der Waals surface area contributed by atoms with Crippen LogP contribution in [0.1, 0.15) is 41.3 Å². The number of hydrogen-bond acceptors (Lipinski definition) is 4. The van der Waals surface area contributed by atoms with Gasteiger partial charge < -0.3 is 20.9 Å². The monoisotopic (exact) mass is 550 g/mol. The molecule has 0 aromatic heterocycles. The van der Waals surface area contributed by atoms with E-state index in [1.54, 1.807) is 0 Å². The standard InChI is InChI=1S/C27H27F5N4O3/c1-16-8-10-35(15-16)17-6-7-19(21(12-17)27(30,31)32)25(39)36-11-9-26(28,29)20(13-24(38)34-14-23(33)37)18-4-2-3-5-22(18)36/h2-7,12-13,16H,8-11,14-15H2,1H3,(H2,33,37)(H,34,38)/b20-13-/t16-/m1/s1. The van der Waals surface area contributed by atoms with Crippen LogP contribution in [0.4, 0.5) is 33.3 Å². The highest BCUT2D eigenvalue weighted by Crippen LogP contribution is 2.44. The molecule has 7 nitrogen and oxygen atoms in total. The Morgan fingerprint density at radius 1 is 1.13 bits per heavy atom. The van der Waals surface area contributed by atoms with Crippen LogP contribution in [0, 0.1) is 5.92 Å². The minimum atomic E-state index is -4.87. The first-order valence-electron chi connectivity index (χ1n) is 12.3. The second-order valence-corrected chi connectivity index (χ2v) is 9.74. The molecule has 0 radical (unpaired) electrons. The van der Waals surface area contributed by atoms with Crippen molar-refractivity contribution in [2.75, 3.05) is 36.0 Å². The predicted octanol–water partition coefficient (Wildman–Crippen LogP) is 4.22. The Morgan fingerprint density at radius 3 is 2.49 bits per heavy atom. The van der Waals surface area contributed by atoms with Gasteiger partial charge in [0.05, 0.1) is 23.4 Å². The van der Waals surface area contributed by atoms with Crippen molar-refractivity contribution >= 4 is 34.7 Å². The number of nitrogens with two attached hydrogens (primary N) is 1. The van der Waals surface area contributed by atoms with E-state index in [0.717, 1.165) is 23.5 Å². The van der Waals surface area contributed by atoms with Crippen LogP contribution in [0.2, 0.25) is 0 Å². The SMILES string of the molecule is C[C@@H]1CCN(c2ccc(C(=O)N3CCC(F)(F)/C(=C\C(=O)NCC(N)=O)c4ccccc43)c(C(F)(F)F)c2)C1. The minimum absolute atomic E-state index is 0.0702. The molecular formula is C27H27F5N4O3. The molecule has 2 aliphatic heterocycles. The molecule has 0 spiro atoms. The highest BCUT2D eigenvalue weighted by molar-refractivity contribution is 6.10. The summed E-state index contributed by atoms with van der Waals surface area (Å²) in [6.07, 6.45) is -4.38. The number of rotatable bonds is 5. The Morgan fingerprint density at radius 2 is 1.85 bits per heavy atom. The summed E-state index contributed by atoms with van der Waals surface area (Å²) in [7, 11) is 0. The first-order chi connectivity index (χ1) is 18.3. The minimum Gasteiger partial charge on any atom is -0.371 e. The average Bonchev–Trinajstić information content (AvgIpc) is 3.27. The Balaban J connectivity index is 1.76. The first kappa shape index (κ1) is 28.1. The summed E-state index contributed by atoms with van der Waals surface area (Å²) < 4.78 is 73.0. The number of carbonyl (C=O) groups is 3. The second-order valence-electron chi connectivity index (χ2n) is 9.74. The number of primary amides is 1. The van der Waals surface area contributed by atoms with Gasteiger partial charge in [0.25, 0.3) is 11.8 Å². The lowest BCUT2D eigenvalue weighted by atomic mass is 9.97. The average molecular weight is 551 g/mol. The third-order valence-corrected chi connectivity index (χ3v) is 6.81. The summed E-state index contributed by atoms with van der Waals surface area (Å²) in [6, 6.07) is 8.90. The Kier molecular flexibility index (Phi) is 7.67. The maximum Gasteiger partial charge on any atom is 0.417 e. The molecule has 208 valence electrons. The zero-order valence-electron chi connectivity index (χ0n) is 21.0. The van der Waals surface area contributed by atoms with Gasteiger partial charge in [0.2, 0.25) is 11.8 Å². The molecule has 12 heteroatoms. The fourth-order valence-corrected chi connectivity index (χ4v) is 4.86. The van der Waals surface area contributed by atoms with Crippen LogP contribution in [0.25, 0.3) is 5.57 Å². The van der Waals surface area contributed by atoms with Crippen LogP contribution in [0.5, 0.6) is 0 Å². The zero-order chi connectivity index (χ0) is 28.5. The Bertz CT molecular complexity index is 1320. The van der Waals surface area contributed by atoms with Gasteiger partial charge >= 0.3 is 6.18 Å². The van der Waals surface area contributed by atoms with Crippen LogP contribution < -0.4 is 20.9 Å². The van der Waals surface area contributed by atoms with Crippen LogP contribution in [0.15, 0.2) is 48.5 Å². The van der Waals surface area contributed by atoms with Crippen molar-refractivity contribution < 1.29 is 36.3 Å². The van der Waals surface area contributed by atoms with Crippen LogP contribution >= 0.6 is 0 Å². The molecule has 0 aliphatic carbocycles. The van der Waals surface area contributed by atoms with Crippen molar-refractivity contribution in [2.45, 2.75) is 31.9 Å². The summed E-state index contributed by atoms with van der Waals surface area (Å²) >= 11 is 0. The number of nitrogens with one attached hydrogen (secondary N) is 1. The largest absolute Gasteiger partial charge is 0.417 e. The second kappa shape index (κ2) is 10.7. The smallest absolute Gasteiger partial charge is 0.371 e. The van der Waals surface area contributed by atoms with Gasteiger partial charge in [-0.1, -0.05) is 25.1 Å². The van der Waals surface area contributed by atoms with Crippen molar-refractivity contribution in [3.8, 4) is 0 Å². The van der Waals surface area contributed by atoms with Crippen molar-refractivity contribution in [3.63, 3.8) is 0 Å². The van der Waals surface area contributed by atoms with Gasteiger partial charge in [-0.05, 0) is 36.6 Å². The summed E-state index contributed by atoms with van der Waals surface area (Å²) in [5.74, 6) is -6.28. The number of benzene rings is 2. The van der Waals surface area contributed by atoms with E-state index in [-0.39, 0.29) is 11.3 Å². The molecule has 2 aromatic rings. The van der Waals surface area contributed by atoms with E-state index < -0.39 is 66.0 Å². The number of alkyl halides is 5. The molecule has 2 aliphatic rings. The number of anilines is 2. The molecule has 0 unspecified atom stereocenters. The van der Waals surface area contributed by atoms with E-state index in [2.05, 4.69) is 5.32 Å². The fraction of sp³-hybridized carbons (Fsp3) is 0.370. The molecule has 0 saturated carbocycles. The molecule has 4 rings (SSSR count). The quantitative estimate of drug-likeness (QED) is 0.431. The number of hydrogen-bond donors (Lipinski definition) is 2. The zero-order valence-corrected chi connectivity index (χ0v) is 21.0. The summed E-state index contributed by atoms with van der Waals surface area (Å²) in [4.78, 5) is 39.5. The summed E-state index contributed by atoms with van der Waals surface area (Å²) in [5.41, 5.74) is 2.50. The van der Waals surface area contributed by atoms with Crippen LogP contribution in [-0.2, 0) is 15.8 Å². The topological polar surface area (TPSA) is 95.7 Å². The van der Waals surface area contributed by atoms with Crippen molar-refractivity contribution in [3.05, 3.63) is 65.2 Å². The Hall–Kier alpha value is -3.96. The molecule has 2 aromatic carbocycles. The summed E-state index contributed by atoms with van der Waals surface area (Å²) in [6.45, 7) is 1.99. The van der Waals surface area contributed by atoms with Gasteiger partial charge in [-0.3, -0.25) is 14.4 Å². The number of allylic oxidation sites excluding steroid dienone is 1. The van der Waals surface area contributed by atoms with E-state index in [9.17, 15) is 27.6 Å². The van der Waals surface area contributed by atoms with Crippen molar-refractivity contribution in [1.82, 2.24) is 5.32 Å². The number of nitrogens with zero attached hydrogens (tertiary/aromatic N) is 2. The van der Waals surface area contributed by atoms with Crippen LogP contribution in [-0.4, -0.2) is 49.8 Å². The molecule has 2 heterocycles. The lowest BCUT2D eigenvalue weighted by Gasteiger charge is -2.26. The molecule has 39 heavy (non-hydrogen) atoms. The Labute approximate surface area is 221 Å². The normalized spacial score (nSPS) is 19.9. The molecule has 0 bridgehead atoms. The van der Waals surface area contributed by atoms with E-state index >= 15 is 8.78 Å². The third kappa shape index (κ3) is 6.04. The number of fused-ring (bicyclic) bond motifs is 1. The maximum atomic E-state index is 15.3. The van der Waals surface area contributed by atoms with E-state index in [4.69, 9.17) is 5.73 Å². The highest BCUT2D eigenvalue weighted by atomic mass is 19.4. The van der Waals surface area contributed by atoms with Crippen LogP contribution in [0.3, 0.4) is 0 Å². The molecular weight excluding hydrogens is 523 g/mol. The molecule has 3 N–H and O–H groups in total. The van der Waals surface area contributed by atoms with Gasteiger partial charge in [-0.2, -0.15) is 13.2 Å². The van der Waals surface area contributed by atoms with Gasteiger partial charge in [-0.15, -0.1) is 0 Å².